The number of imidazole rings is 1. The number of aryl methyl sites for hydroxylation is 1. The van der Waals surface area contributed by atoms with Gasteiger partial charge in [-0.2, -0.15) is 0 Å². The number of fused-ring (bicyclic) bond motifs is 1. The Labute approximate surface area is 172 Å². The molecule has 0 bridgehead atoms. The Morgan fingerprint density at radius 3 is 2.24 bits per heavy atom. The van der Waals surface area contributed by atoms with Crippen molar-refractivity contribution in [1.29, 1.82) is 0 Å². The molecule has 1 aromatic heterocycles. The zero-order valence-electron chi connectivity index (χ0n) is 17.0. The van der Waals surface area contributed by atoms with Crippen LogP contribution in [0.3, 0.4) is 0 Å². The van der Waals surface area contributed by atoms with Crippen LogP contribution in [0.5, 0.6) is 0 Å². The van der Waals surface area contributed by atoms with Gasteiger partial charge in [0, 0.05) is 6.54 Å². The summed E-state index contributed by atoms with van der Waals surface area (Å²) < 4.78 is 0. The largest absolute Gasteiger partial charge is 0.342 e. The van der Waals surface area contributed by atoms with Gasteiger partial charge in [0.15, 0.2) is 0 Å². The number of aromatic amines is 1. The molecule has 3 aromatic carbocycles. The molecule has 0 saturated carbocycles. The molecule has 0 spiro atoms. The standard InChI is InChI=1S/C26H27N3/c1-19-27-25-13-12-24(17-26(25)28-19)22-10-8-21(9-11-22)23-7-5-6-20(16-23)18-29-14-3-2-4-15-29/h5-13,16-17H,2-4,14-15,18H2,1H3,(H,27,28). The smallest absolute Gasteiger partial charge is 0.104 e. The highest BCUT2D eigenvalue weighted by Gasteiger charge is 2.11. The summed E-state index contributed by atoms with van der Waals surface area (Å²) in [6.07, 6.45) is 4.06. The molecule has 1 aliphatic rings. The fraction of sp³-hybridized carbons (Fsp3) is 0.269. The van der Waals surface area contributed by atoms with Crippen molar-refractivity contribution in [3.63, 3.8) is 0 Å². The van der Waals surface area contributed by atoms with Crippen LogP contribution in [0.1, 0.15) is 30.7 Å². The van der Waals surface area contributed by atoms with E-state index in [-0.39, 0.29) is 0 Å². The van der Waals surface area contributed by atoms with Crippen LogP contribution >= 0.6 is 0 Å². The van der Waals surface area contributed by atoms with Crippen molar-refractivity contribution >= 4 is 11.0 Å². The number of benzene rings is 3. The van der Waals surface area contributed by atoms with Crippen molar-refractivity contribution < 1.29 is 0 Å². The molecule has 0 atom stereocenters. The summed E-state index contributed by atoms with van der Waals surface area (Å²) in [5.41, 5.74) is 8.54. The van der Waals surface area contributed by atoms with E-state index < -0.39 is 0 Å². The zero-order valence-corrected chi connectivity index (χ0v) is 17.0. The minimum Gasteiger partial charge on any atom is -0.342 e. The predicted molar refractivity (Wildman–Crippen MR) is 121 cm³/mol. The van der Waals surface area contributed by atoms with Gasteiger partial charge in [0.1, 0.15) is 5.82 Å². The van der Waals surface area contributed by atoms with Crippen molar-refractivity contribution in [2.24, 2.45) is 0 Å². The second-order valence-electron chi connectivity index (χ2n) is 8.17. The van der Waals surface area contributed by atoms with E-state index in [1.165, 1.54) is 60.2 Å². The first-order chi connectivity index (χ1) is 14.2. The maximum Gasteiger partial charge on any atom is 0.104 e. The highest BCUT2D eigenvalue weighted by Crippen LogP contribution is 2.27. The number of nitrogens with zero attached hydrogens (tertiary/aromatic N) is 2. The molecule has 2 heterocycles. The highest BCUT2D eigenvalue weighted by atomic mass is 15.1. The molecule has 146 valence electrons. The van der Waals surface area contributed by atoms with Crippen molar-refractivity contribution in [3.05, 3.63) is 78.1 Å². The lowest BCUT2D eigenvalue weighted by atomic mass is 9.98. The molecular formula is C26H27N3. The summed E-state index contributed by atoms with van der Waals surface area (Å²) in [7, 11) is 0. The third-order valence-corrected chi connectivity index (χ3v) is 5.93. The molecule has 1 fully saturated rings. The maximum atomic E-state index is 4.49. The Bertz CT molecular complexity index is 1120. The van der Waals surface area contributed by atoms with Gasteiger partial charge in [-0.1, -0.05) is 55.0 Å². The van der Waals surface area contributed by atoms with E-state index in [1.807, 2.05) is 6.92 Å². The lowest BCUT2D eigenvalue weighted by Gasteiger charge is -2.26. The monoisotopic (exact) mass is 381 g/mol. The molecule has 1 aliphatic heterocycles. The number of nitrogens with one attached hydrogen (secondary N) is 1. The van der Waals surface area contributed by atoms with Crippen LogP contribution < -0.4 is 0 Å². The quantitative estimate of drug-likeness (QED) is 0.457. The number of hydrogen-bond donors (Lipinski definition) is 1. The molecule has 4 aromatic rings. The van der Waals surface area contributed by atoms with Crippen LogP contribution in [0.4, 0.5) is 0 Å². The average molecular weight is 382 g/mol. The zero-order chi connectivity index (χ0) is 19.6. The Morgan fingerprint density at radius 2 is 1.48 bits per heavy atom. The van der Waals surface area contributed by atoms with Crippen LogP contribution in [0.25, 0.3) is 33.3 Å². The lowest BCUT2D eigenvalue weighted by molar-refractivity contribution is 0.221. The first kappa shape index (κ1) is 18.1. The van der Waals surface area contributed by atoms with E-state index >= 15 is 0 Å². The fourth-order valence-corrected chi connectivity index (χ4v) is 4.40. The Kier molecular flexibility index (Phi) is 4.91. The SMILES string of the molecule is Cc1nc2ccc(-c3ccc(-c4cccc(CN5CCCCC5)c4)cc3)cc2[nH]1. The molecule has 3 nitrogen and oxygen atoms in total. The van der Waals surface area contributed by atoms with E-state index in [1.54, 1.807) is 0 Å². The molecule has 0 amide bonds. The van der Waals surface area contributed by atoms with Gasteiger partial charge in [0.05, 0.1) is 11.0 Å². The third-order valence-electron chi connectivity index (χ3n) is 5.93. The molecule has 5 rings (SSSR count). The van der Waals surface area contributed by atoms with Gasteiger partial charge in [-0.05, 0) is 78.9 Å². The number of piperidine rings is 1. The van der Waals surface area contributed by atoms with Gasteiger partial charge in [-0.15, -0.1) is 0 Å². The van der Waals surface area contributed by atoms with Gasteiger partial charge in [-0.3, -0.25) is 4.90 Å². The van der Waals surface area contributed by atoms with E-state index in [4.69, 9.17) is 0 Å². The second kappa shape index (κ2) is 7.84. The highest BCUT2D eigenvalue weighted by molar-refractivity contribution is 5.82. The lowest BCUT2D eigenvalue weighted by Crippen LogP contribution is -2.29. The van der Waals surface area contributed by atoms with Crippen LogP contribution in [-0.2, 0) is 6.54 Å². The van der Waals surface area contributed by atoms with E-state index in [9.17, 15) is 0 Å². The molecule has 1 saturated heterocycles. The van der Waals surface area contributed by atoms with E-state index in [2.05, 4.69) is 81.6 Å². The molecule has 1 N–H and O–H groups in total. The van der Waals surface area contributed by atoms with Gasteiger partial charge in [0.2, 0.25) is 0 Å². The molecule has 29 heavy (non-hydrogen) atoms. The van der Waals surface area contributed by atoms with Gasteiger partial charge < -0.3 is 4.98 Å². The average Bonchev–Trinajstić information content (AvgIpc) is 3.14. The Balaban J connectivity index is 1.37. The minimum absolute atomic E-state index is 0.955. The first-order valence-corrected chi connectivity index (χ1v) is 10.6. The number of hydrogen-bond acceptors (Lipinski definition) is 2. The number of aromatic nitrogens is 2. The fourth-order valence-electron chi connectivity index (χ4n) is 4.40. The summed E-state index contributed by atoms with van der Waals surface area (Å²) in [5, 5.41) is 0. The van der Waals surface area contributed by atoms with Gasteiger partial charge in [0.25, 0.3) is 0 Å². The summed E-state index contributed by atoms with van der Waals surface area (Å²) in [6, 6.07) is 24.3. The maximum absolute atomic E-state index is 4.49. The summed E-state index contributed by atoms with van der Waals surface area (Å²) in [6.45, 7) is 5.53. The van der Waals surface area contributed by atoms with Crippen molar-refractivity contribution in [2.45, 2.75) is 32.7 Å². The molecule has 0 radical (unpaired) electrons. The van der Waals surface area contributed by atoms with Crippen molar-refractivity contribution in [2.75, 3.05) is 13.1 Å². The predicted octanol–water partition coefficient (Wildman–Crippen LogP) is 6.19. The summed E-state index contributed by atoms with van der Waals surface area (Å²) in [4.78, 5) is 10.4. The van der Waals surface area contributed by atoms with E-state index in [0.717, 1.165) is 23.4 Å². The molecule has 0 unspecified atom stereocenters. The van der Waals surface area contributed by atoms with Gasteiger partial charge >= 0.3 is 0 Å². The Morgan fingerprint density at radius 1 is 0.793 bits per heavy atom. The molecule has 0 aliphatic carbocycles. The normalized spacial score (nSPS) is 15.1. The summed E-state index contributed by atoms with van der Waals surface area (Å²) >= 11 is 0. The van der Waals surface area contributed by atoms with Gasteiger partial charge in [-0.25, -0.2) is 4.98 Å². The topological polar surface area (TPSA) is 31.9 Å². The number of H-pyrrole nitrogens is 1. The van der Waals surface area contributed by atoms with Crippen LogP contribution in [-0.4, -0.2) is 28.0 Å². The van der Waals surface area contributed by atoms with Crippen molar-refractivity contribution in [3.8, 4) is 22.3 Å². The van der Waals surface area contributed by atoms with Crippen molar-refractivity contribution in [1.82, 2.24) is 14.9 Å². The van der Waals surface area contributed by atoms with E-state index in [0.29, 0.717) is 0 Å². The van der Waals surface area contributed by atoms with Crippen LogP contribution in [0.2, 0.25) is 0 Å². The molecule has 3 heteroatoms. The summed E-state index contributed by atoms with van der Waals surface area (Å²) in [5.74, 6) is 0.955. The molecular weight excluding hydrogens is 354 g/mol. The number of rotatable bonds is 4. The van der Waals surface area contributed by atoms with Crippen LogP contribution in [0, 0.1) is 6.92 Å². The van der Waals surface area contributed by atoms with Crippen LogP contribution in [0.15, 0.2) is 66.7 Å². The minimum atomic E-state index is 0.955. The number of likely N-dealkylation sites (tertiary alicyclic amines) is 1. The third kappa shape index (κ3) is 3.96. The second-order valence-corrected chi connectivity index (χ2v) is 8.17. The Hall–Kier alpha value is -2.91. The first-order valence-electron chi connectivity index (χ1n) is 10.6.